The lowest BCUT2D eigenvalue weighted by Gasteiger charge is -2.05. The van der Waals surface area contributed by atoms with Gasteiger partial charge in [0.2, 0.25) is 0 Å². The molecule has 1 fully saturated rings. The Balaban J connectivity index is 1.78. The first-order chi connectivity index (χ1) is 6.79. The second-order valence-electron chi connectivity index (χ2n) is 4.12. The zero-order chi connectivity index (χ0) is 9.97. The van der Waals surface area contributed by atoms with E-state index in [4.69, 9.17) is 10.5 Å². The quantitative estimate of drug-likeness (QED) is 0.789. The number of ether oxygens (including phenoxy) is 1. The predicted molar refractivity (Wildman–Crippen MR) is 57.3 cm³/mol. The van der Waals surface area contributed by atoms with Crippen LogP contribution in [0.5, 0.6) is 5.75 Å². The Morgan fingerprint density at radius 3 is 2.57 bits per heavy atom. The van der Waals surface area contributed by atoms with Gasteiger partial charge in [-0.3, -0.25) is 0 Å². The van der Waals surface area contributed by atoms with Crippen LogP contribution in [0.4, 0.5) is 0 Å². The summed E-state index contributed by atoms with van der Waals surface area (Å²) in [6, 6.07) is 8.19. The molecule has 2 N–H and O–H groups in total. The Morgan fingerprint density at radius 1 is 1.29 bits per heavy atom. The van der Waals surface area contributed by atoms with Crippen LogP contribution in [0.1, 0.15) is 12.0 Å². The Labute approximate surface area is 85.1 Å². The Bertz CT molecular complexity index is 294. The van der Waals surface area contributed by atoms with Gasteiger partial charge in [0.05, 0.1) is 6.61 Å². The Kier molecular flexibility index (Phi) is 2.73. The van der Waals surface area contributed by atoms with Gasteiger partial charge in [0.15, 0.2) is 0 Å². The van der Waals surface area contributed by atoms with Crippen LogP contribution >= 0.6 is 0 Å². The molecule has 1 saturated carbocycles. The summed E-state index contributed by atoms with van der Waals surface area (Å²) in [5.41, 5.74) is 6.82. The van der Waals surface area contributed by atoms with Crippen molar-refractivity contribution in [1.29, 1.82) is 0 Å². The van der Waals surface area contributed by atoms with Gasteiger partial charge in [-0.2, -0.15) is 0 Å². The molecule has 14 heavy (non-hydrogen) atoms. The molecule has 2 rings (SSSR count). The molecule has 0 amide bonds. The van der Waals surface area contributed by atoms with E-state index in [9.17, 15) is 0 Å². The minimum absolute atomic E-state index is 0.696. The highest BCUT2D eigenvalue weighted by Gasteiger charge is 2.36. The van der Waals surface area contributed by atoms with Gasteiger partial charge in [-0.25, -0.2) is 0 Å². The van der Waals surface area contributed by atoms with Crippen LogP contribution in [0, 0.1) is 18.8 Å². The molecule has 0 radical (unpaired) electrons. The number of hydrogen-bond donors (Lipinski definition) is 1. The molecule has 2 nitrogen and oxygen atoms in total. The van der Waals surface area contributed by atoms with Crippen LogP contribution in [-0.4, -0.2) is 13.2 Å². The molecule has 1 aliphatic rings. The van der Waals surface area contributed by atoms with Gasteiger partial charge >= 0.3 is 0 Å². The van der Waals surface area contributed by atoms with Crippen LogP contribution in [0.2, 0.25) is 0 Å². The van der Waals surface area contributed by atoms with E-state index in [1.807, 2.05) is 12.1 Å². The molecular formula is C12H17NO. The minimum atomic E-state index is 0.696. The van der Waals surface area contributed by atoms with Crippen molar-refractivity contribution in [1.82, 2.24) is 0 Å². The third-order valence-electron chi connectivity index (χ3n) is 2.86. The van der Waals surface area contributed by atoms with Gasteiger partial charge in [0.25, 0.3) is 0 Å². The summed E-state index contributed by atoms with van der Waals surface area (Å²) >= 11 is 0. The summed E-state index contributed by atoms with van der Waals surface area (Å²) in [5, 5.41) is 0. The molecule has 76 valence electrons. The van der Waals surface area contributed by atoms with Gasteiger partial charge in [-0.05, 0) is 43.9 Å². The molecule has 2 heteroatoms. The van der Waals surface area contributed by atoms with Crippen molar-refractivity contribution in [2.24, 2.45) is 17.6 Å². The average molecular weight is 191 g/mol. The van der Waals surface area contributed by atoms with Gasteiger partial charge in [0, 0.05) is 0 Å². The first-order valence-corrected chi connectivity index (χ1v) is 5.19. The van der Waals surface area contributed by atoms with E-state index in [1.165, 1.54) is 12.0 Å². The molecule has 1 aromatic rings. The highest BCUT2D eigenvalue weighted by molar-refractivity contribution is 5.26. The van der Waals surface area contributed by atoms with E-state index in [0.717, 1.165) is 18.9 Å². The molecular weight excluding hydrogens is 174 g/mol. The van der Waals surface area contributed by atoms with E-state index in [0.29, 0.717) is 11.8 Å². The lowest BCUT2D eigenvalue weighted by atomic mass is 10.2. The summed E-state index contributed by atoms with van der Waals surface area (Å²) in [5.74, 6) is 2.38. The minimum Gasteiger partial charge on any atom is -0.493 e. The summed E-state index contributed by atoms with van der Waals surface area (Å²) in [4.78, 5) is 0. The standard InChI is InChI=1S/C12H17NO/c1-9-2-4-12(5-3-9)14-8-11-6-10(11)7-13/h2-5,10-11H,6-8,13H2,1H3. The van der Waals surface area contributed by atoms with E-state index in [-0.39, 0.29) is 0 Å². The third kappa shape index (κ3) is 2.26. The van der Waals surface area contributed by atoms with E-state index in [2.05, 4.69) is 19.1 Å². The molecule has 0 saturated heterocycles. The van der Waals surface area contributed by atoms with Crippen LogP contribution in [-0.2, 0) is 0 Å². The number of benzene rings is 1. The Morgan fingerprint density at radius 2 is 2.00 bits per heavy atom. The average Bonchev–Trinajstić information content (AvgIpc) is 2.96. The van der Waals surface area contributed by atoms with Crippen LogP contribution in [0.3, 0.4) is 0 Å². The van der Waals surface area contributed by atoms with Gasteiger partial charge in [-0.1, -0.05) is 17.7 Å². The van der Waals surface area contributed by atoms with Crippen molar-refractivity contribution in [2.75, 3.05) is 13.2 Å². The van der Waals surface area contributed by atoms with E-state index >= 15 is 0 Å². The molecule has 0 heterocycles. The smallest absolute Gasteiger partial charge is 0.119 e. The molecule has 2 unspecified atom stereocenters. The molecule has 0 bridgehead atoms. The fourth-order valence-electron chi connectivity index (χ4n) is 1.64. The molecule has 2 atom stereocenters. The number of aryl methyl sites for hydroxylation is 1. The third-order valence-corrected chi connectivity index (χ3v) is 2.86. The summed E-state index contributed by atoms with van der Waals surface area (Å²) in [7, 11) is 0. The highest BCUT2D eigenvalue weighted by atomic mass is 16.5. The van der Waals surface area contributed by atoms with Crippen molar-refractivity contribution in [3.8, 4) is 5.75 Å². The predicted octanol–water partition coefficient (Wildman–Crippen LogP) is 1.97. The number of hydrogen-bond acceptors (Lipinski definition) is 2. The Hall–Kier alpha value is -1.02. The lowest BCUT2D eigenvalue weighted by molar-refractivity contribution is 0.292. The molecule has 0 aliphatic heterocycles. The van der Waals surface area contributed by atoms with Crippen molar-refractivity contribution in [3.05, 3.63) is 29.8 Å². The second kappa shape index (κ2) is 4.01. The van der Waals surface area contributed by atoms with Crippen LogP contribution in [0.15, 0.2) is 24.3 Å². The van der Waals surface area contributed by atoms with Crippen LogP contribution < -0.4 is 10.5 Å². The first-order valence-electron chi connectivity index (χ1n) is 5.19. The zero-order valence-corrected chi connectivity index (χ0v) is 8.57. The second-order valence-corrected chi connectivity index (χ2v) is 4.12. The fourth-order valence-corrected chi connectivity index (χ4v) is 1.64. The number of nitrogens with two attached hydrogens (primary N) is 1. The van der Waals surface area contributed by atoms with Gasteiger partial charge in [0.1, 0.15) is 5.75 Å². The largest absolute Gasteiger partial charge is 0.493 e. The topological polar surface area (TPSA) is 35.2 Å². The molecule has 0 spiro atoms. The SMILES string of the molecule is Cc1ccc(OCC2CC2CN)cc1. The summed E-state index contributed by atoms with van der Waals surface area (Å²) < 4.78 is 5.66. The van der Waals surface area contributed by atoms with Crippen molar-refractivity contribution in [2.45, 2.75) is 13.3 Å². The maximum absolute atomic E-state index is 5.66. The van der Waals surface area contributed by atoms with E-state index < -0.39 is 0 Å². The highest BCUT2D eigenvalue weighted by Crippen LogP contribution is 2.37. The van der Waals surface area contributed by atoms with Crippen LogP contribution in [0.25, 0.3) is 0 Å². The van der Waals surface area contributed by atoms with Crippen molar-refractivity contribution >= 4 is 0 Å². The molecule has 1 aliphatic carbocycles. The van der Waals surface area contributed by atoms with Crippen molar-refractivity contribution in [3.63, 3.8) is 0 Å². The lowest BCUT2D eigenvalue weighted by Crippen LogP contribution is -2.07. The monoisotopic (exact) mass is 191 g/mol. The molecule has 0 aromatic heterocycles. The normalized spacial score (nSPS) is 24.7. The fraction of sp³-hybridized carbons (Fsp3) is 0.500. The maximum Gasteiger partial charge on any atom is 0.119 e. The van der Waals surface area contributed by atoms with Crippen molar-refractivity contribution < 1.29 is 4.74 Å². The van der Waals surface area contributed by atoms with Gasteiger partial charge < -0.3 is 10.5 Å². The first kappa shape index (κ1) is 9.53. The summed E-state index contributed by atoms with van der Waals surface area (Å²) in [6.45, 7) is 3.71. The number of rotatable bonds is 4. The maximum atomic E-state index is 5.66. The molecule has 1 aromatic carbocycles. The van der Waals surface area contributed by atoms with Gasteiger partial charge in [-0.15, -0.1) is 0 Å². The zero-order valence-electron chi connectivity index (χ0n) is 8.57. The summed E-state index contributed by atoms with van der Waals surface area (Å²) in [6.07, 6.45) is 1.24. The van der Waals surface area contributed by atoms with E-state index in [1.54, 1.807) is 0 Å².